The molecule has 4 bridgehead atoms. The largest absolute Gasteiger partial charge is 0.377 e. The monoisotopic (exact) mass is 378 g/mol. The van der Waals surface area contributed by atoms with Crippen molar-refractivity contribution in [1.29, 1.82) is 0 Å². The Hall–Kier alpha value is -0.120. The van der Waals surface area contributed by atoms with E-state index in [0.29, 0.717) is 35.9 Å². The van der Waals surface area contributed by atoms with E-state index in [4.69, 9.17) is 14.2 Å². The molecule has 6 aliphatic rings. The zero-order chi connectivity index (χ0) is 19.5. The summed E-state index contributed by atoms with van der Waals surface area (Å²) in [7, 11) is 0. The highest BCUT2D eigenvalue weighted by Crippen LogP contribution is 2.66. The molecule has 0 N–H and O–H groups in total. The van der Waals surface area contributed by atoms with Crippen molar-refractivity contribution in [2.75, 3.05) is 26.4 Å². The highest BCUT2D eigenvalue weighted by Gasteiger charge is 2.66. The van der Waals surface area contributed by atoms with Gasteiger partial charge in [0.25, 0.3) is 0 Å². The molecule has 6 rings (SSSR count). The lowest BCUT2D eigenvalue weighted by Crippen LogP contribution is -2.68. The summed E-state index contributed by atoms with van der Waals surface area (Å²) in [4.78, 5) is 0. The van der Waals surface area contributed by atoms with E-state index in [9.17, 15) is 0 Å². The average molecular weight is 379 g/mol. The van der Waals surface area contributed by atoms with Crippen molar-refractivity contribution >= 4 is 0 Å². The maximum Gasteiger partial charge on any atom is 0.0765 e. The van der Waals surface area contributed by atoms with E-state index in [1.54, 1.807) is 0 Å². The van der Waals surface area contributed by atoms with Gasteiger partial charge in [0.2, 0.25) is 0 Å². The van der Waals surface area contributed by atoms with Gasteiger partial charge in [-0.25, -0.2) is 0 Å². The minimum atomic E-state index is 0.0945. The molecule has 6 fully saturated rings. The van der Waals surface area contributed by atoms with Crippen molar-refractivity contribution in [2.45, 2.75) is 91.3 Å². The van der Waals surface area contributed by atoms with Crippen LogP contribution in [0.2, 0.25) is 0 Å². The highest BCUT2D eigenvalue weighted by atomic mass is 16.6. The van der Waals surface area contributed by atoms with Gasteiger partial charge in [-0.2, -0.15) is 0 Å². The van der Waals surface area contributed by atoms with Crippen molar-refractivity contribution in [1.82, 2.24) is 0 Å². The summed E-state index contributed by atoms with van der Waals surface area (Å²) in [6, 6.07) is 0. The van der Waals surface area contributed by atoms with Crippen molar-refractivity contribution in [3.05, 3.63) is 0 Å². The van der Waals surface area contributed by atoms with Crippen LogP contribution in [0.5, 0.6) is 0 Å². The van der Waals surface area contributed by atoms with E-state index in [2.05, 4.69) is 41.5 Å². The Kier molecular flexibility index (Phi) is 5.01. The summed E-state index contributed by atoms with van der Waals surface area (Å²) >= 11 is 0. The molecule has 3 nitrogen and oxygen atoms in total. The van der Waals surface area contributed by atoms with Crippen LogP contribution in [0.4, 0.5) is 0 Å². The molecule has 6 atom stereocenters. The third-order valence-corrected chi connectivity index (χ3v) is 9.98. The van der Waals surface area contributed by atoms with E-state index in [1.807, 2.05) is 0 Å². The Morgan fingerprint density at radius 1 is 0.630 bits per heavy atom. The molecule has 156 valence electrons. The fraction of sp³-hybridized carbons (Fsp3) is 1.00. The highest BCUT2D eigenvalue weighted by molar-refractivity contribution is 5.16. The van der Waals surface area contributed by atoms with Gasteiger partial charge in [0.1, 0.15) is 0 Å². The standard InChI is InChI=1S/C24H42O3/c1-17-7-9-19-15-23(17,21(19,3)4)26-13-11-25-12-14-27-24-16-20(22(24,5)6)10-8-18(24)2/h17-20H,7-16H2,1-6H3. The maximum atomic E-state index is 6.47. The molecule has 0 aromatic carbocycles. The summed E-state index contributed by atoms with van der Waals surface area (Å²) in [6.45, 7) is 17.2. The summed E-state index contributed by atoms with van der Waals surface area (Å²) in [5, 5.41) is 0. The second kappa shape index (κ2) is 6.71. The van der Waals surface area contributed by atoms with Crippen LogP contribution in [-0.2, 0) is 14.2 Å². The SMILES string of the molecule is CC1CCC2CC1(OCCOCCOC13CC(CCC1C)C3(C)C)C2(C)C. The molecule has 0 heterocycles. The van der Waals surface area contributed by atoms with Crippen LogP contribution >= 0.6 is 0 Å². The van der Waals surface area contributed by atoms with Gasteiger partial charge in [0.15, 0.2) is 0 Å². The van der Waals surface area contributed by atoms with Crippen LogP contribution in [-0.4, -0.2) is 37.6 Å². The lowest BCUT2D eigenvalue weighted by molar-refractivity contribution is -0.286. The average Bonchev–Trinajstić information content (AvgIpc) is 2.62. The quantitative estimate of drug-likeness (QED) is 0.525. The summed E-state index contributed by atoms with van der Waals surface area (Å²) in [5.41, 5.74) is 0.848. The van der Waals surface area contributed by atoms with E-state index in [1.165, 1.54) is 38.5 Å². The van der Waals surface area contributed by atoms with Crippen LogP contribution in [0.15, 0.2) is 0 Å². The van der Waals surface area contributed by atoms with E-state index >= 15 is 0 Å². The first-order valence-corrected chi connectivity index (χ1v) is 11.5. The smallest absolute Gasteiger partial charge is 0.0765 e. The van der Waals surface area contributed by atoms with Crippen molar-refractivity contribution in [2.24, 2.45) is 34.5 Å². The van der Waals surface area contributed by atoms with Gasteiger partial charge in [0, 0.05) is 0 Å². The predicted octanol–water partition coefficient (Wildman–Crippen LogP) is 5.47. The Morgan fingerprint density at radius 2 is 1.04 bits per heavy atom. The first-order valence-electron chi connectivity index (χ1n) is 11.5. The summed E-state index contributed by atoms with van der Waals surface area (Å²) in [6.07, 6.45) is 7.90. The molecule has 0 spiro atoms. The van der Waals surface area contributed by atoms with Gasteiger partial charge in [-0.05, 0) is 73.0 Å². The third-order valence-electron chi connectivity index (χ3n) is 9.98. The molecule has 0 radical (unpaired) electrons. The number of rotatable bonds is 8. The van der Waals surface area contributed by atoms with E-state index < -0.39 is 0 Å². The first kappa shape index (κ1) is 20.2. The molecule has 0 aromatic rings. The lowest BCUT2D eigenvalue weighted by atomic mass is 9.42. The van der Waals surface area contributed by atoms with Crippen LogP contribution in [0.1, 0.15) is 80.1 Å². The van der Waals surface area contributed by atoms with Gasteiger partial charge >= 0.3 is 0 Å². The van der Waals surface area contributed by atoms with Crippen LogP contribution in [0, 0.1) is 34.5 Å². The van der Waals surface area contributed by atoms with Crippen LogP contribution in [0.3, 0.4) is 0 Å². The van der Waals surface area contributed by atoms with Gasteiger partial charge < -0.3 is 14.2 Å². The Bertz CT molecular complexity index is 508. The van der Waals surface area contributed by atoms with Gasteiger partial charge in [0.05, 0.1) is 37.6 Å². The molecule has 0 amide bonds. The molecule has 6 unspecified atom stereocenters. The zero-order valence-electron chi connectivity index (χ0n) is 18.6. The molecular formula is C24H42O3. The van der Waals surface area contributed by atoms with Gasteiger partial charge in [-0.15, -0.1) is 0 Å². The third kappa shape index (κ3) is 2.70. The van der Waals surface area contributed by atoms with E-state index in [-0.39, 0.29) is 11.2 Å². The molecule has 3 heteroatoms. The second-order valence-electron chi connectivity index (χ2n) is 11.3. The fourth-order valence-corrected chi connectivity index (χ4v) is 7.61. The number of hydrogen-bond acceptors (Lipinski definition) is 3. The zero-order valence-corrected chi connectivity index (χ0v) is 18.6. The molecule has 0 aliphatic heterocycles. The van der Waals surface area contributed by atoms with E-state index in [0.717, 1.165) is 25.0 Å². The molecular weight excluding hydrogens is 336 g/mol. The Balaban J connectivity index is 1.17. The van der Waals surface area contributed by atoms with Crippen LogP contribution in [0.25, 0.3) is 0 Å². The van der Waals surface area contributed by atoms with Crippen LogP contribution < -0.4 is 0 Å². The molecule has 0 saturated heterocycles. The molecule has 0 aromatic heterocycles. The number of hydrogen-bond donors (Lipinski definition) is 0. The predicted molar refractivity (Wildman–Crippen MR) is 109 cm³/mol. The van der Waals surface area contributed by atoms with Gasteiger partial charge in [-0.1, -0.05) is 41.5 Å². The molecule has 6 aliphatic carbocycles. The minimum Gasteiger partial charge on any atom is -0.377 e. The summed E-state index contributed by atoms with van der Waals surface area (Å²) in [5.74, 6) is 3.05. The molecule has 6 saturated carbocycles. The Labute approximate surface area is 166 Å². The lowest BCUT2D eigenvalue weighted by Gasteiger charge is -2.67. The van der Waals surface area contributed by atoms with Gasteiger partial charge in [-0.3, -0.25) is 0 Å². The maximum absolute atomic E-state index is 6.47. The second-order valence-corrected chi connectivity index (χ2v) is 11.3. The normalized spacial score (nSPS) is 46.4. The van der Waals surface area contributed by atoms with Crippen molar-refractivity contribution in [3.8, 4) is 0 Å². The minimum absolute atomic E-state index is 0.0945. The fourth-order valence-electron chi connectivity index (χ4n) is 7.61. The van der Waals surface area contributed by atoms with Crippen molar-refractivity contribution < 1.29 is 14.2 Å². The first-order chi connectivity index (χ1) is 12.7. The molecule has 27 heavy (non-hydrogen) atoms. The number of ether oxygens (including phenoxy) is 3. The van der Waals surface area contributed by atoms with Crippen molar-refractivity contribution in [3.63, 3.8) is 0 Å². The Morgan fingerprint density at radius 3 is 1.37 bits per heavy atom. The topological polar surface area (TPSA) is 27.7 Å². The summed E-state index contributed by atoms with van der Waals surface area (Å²) < 4.78 is 18.8. The number of fused-ring (bicyclic) bond motifs is 4.